The lowest BCUT2D eigenvalue weighted by Gasteiger charge is -2.26. The number of benzene rings is 1. The number of hydrogen-bond donors (Lipinski definition) is 4. The van der Waals surface area contributed by atoms with Crippen LogP contribution in [0.3, 0.4) is 0 Å². The second kappa shape index (κ2) is 9.92. The number of aryl methyl sites for hydroxylation is 1. The number of hydrogen-bond acceptors (Lipinski definition) is 5. The van der Waals surface area contributed by atoms with E-state index in [2.05, 4.69) is 26.4 Å². The van der Waals surface area contributed by atoms with Gasteiger partial charge in [0.1, 0.15) is 0 Å². The number of carbonyl (C=O) groups excluding carboxylic acids is 2. The molecule has 0 atom stereocenters. The quantitative estimate of drug-likeness (QED) is 0.332. The molecule has 0 saturated carbocycles. The predicted octanol–water partition coefficient (Wildman–Crippen LogP) is -0.239. The molecule has 0 aromatic heterocycles. The van der Waals surface area contributed by atoms with Crippen molar-refractivity contribution >= 4 is 34.8 Å². The van der Waals surface area contributed by atoms with Crippen LogP contribution in [-0.2, 0) is 14.3 Å². The molecule has 136 valence electrons. The summed E-state index contributed by atoms with van der Waals surface area (Å²) < 4.78 is 5.28. The zero-order chi connectivity index (χ0) is 18.1. The Hall–Kier alpha value is -2.23. The summed E-state index contributed by atoms with van der Waals surface area (Å²) in [7, 11) is 0. The summed E-state index contributed by atoms with van der Waals surface area (Å²) >= 11 is 5.06. The van der Waals surface area contributed by atoms with Crippen LogP contribution in [-0.4, -0.2) is 61.2 Å². The molecule has 1 fully saturated rings. The first-order valence-corrected chi connectivity index (χ1v) is 8.47. The van der Waals surface area contributed by atoms with Crippen molar-refractivity contribution in [1.82, 2.24) is 21.1 Å². The minimum absolute atomic E-state index is 0.254. The predicted molar refractivity (Wildman–Crippen MR) is 98.9 cm³/mol. The molecule has 2 rings (SSSR count). The van der Waals surface area contributed by atoms with Crippen molar-refractivity contribution in [3.63, 3.8) is 0 Å². The average Bonchev–Trinajstić information content (AvgIpc) is 2.62. The van der Waals surface area contributed by atoms with E-state index in [-0.39, 0.29) is 5.11 Å². The number of morpholine rings is 1. The molecule has 0 bridgehead atoms. The molecule has 9 heteroatoms. The number of carbonyl (C=O) groups is 2. The van der Waals surface area contributed by atoms with Gasteiger partial charge in [-0.2, -0.15) is 0 Å². The van der Waals surface area contributed by atoms with E-state index in [0.717, 1.165) is 38.4 Å². The van der Waals surface area contributed by atoms with Crippen molar-refractivity contribution < 1.29 is 14.3 Å². The van der Waals surface area contributed by atoms with Crippen molar-refractivity contribution in [3.05, 3.63) is 29.8 Å². The minimum atomic E-state index is -0.821. The minimum Gasteiger partial charge on any atom is -0.379 e. The van der Waals surface area contributed by atoms with Crippen molar-refractivity contribution in [2.24, 2.45) is 0 Å². The number of hydrazine groups is 1. The van der Waals surface area contributed by atoms with Gasteiger partial charge in [0, 0.05) is 31.9 Å². The molecule has 1 aromatic rings. The lowest BCUT2D eigenvalue weighted by atomic mass is 10.2. The Morgan fingerprint density at radius 3 is 2.48 bits per heavy atom. The number of thiocarbonyl (C=S) groups is 1. The van der Waals surface area contributed by atoms with Crippen LogP contribution >= 0.6 is 12.2 Å². The van der Waals surface area contributed by atoms with Gasteiger partial charge in [0.15, 0.2) is 5.11 Å². The Bertz CT molecular complexity index is 602. The number of anilines is 1. The summed E-state index contributed by atoms with van der Waals surface area (Å²) in [6, 6.07) is 7.15. The fourth-order valence-corrected chi connectivity index (χ4v) is 2.34. The van der Waals surface area contributed by atoms with Crippen molar-refractivity contribution in [1.29, 1.82) is 0 Å². The van der Waals surface area contributed by atoms with E-state index in [1.165, 1.54) is 0 Å². The Kier molecular flexibility index (Phi) is 7.58. The summed E-state index contributed by atoms with van der Waals surface area (Å²) in [4.78, 5) is 25.8. The van der Waals surface area contributed by atoms with E-state index in [0.29, 0.717) is 12.2 Å². The molecule has 1 aliphatic heterocycles. The summed E-state index contributed by atoms with van der Waals surface area (Å²) in [5, 5.41) is 5.73. The van der Waals surface area contributed by atoms with Gasteiger partial charge in [-0.3, -0.25) is 25.3 Å². The average molecular weight is 365 g/mol. The van der Waals surface area contributed by atoms with E-state index in [9.17, 15) is 9.59 Å². The molecule has 1 saturated heterocycles. The first-order chi connectivity index (χ1) is 12.0. The molecule has 4 N–H and O–H groups in total. The van der Waals surface area contributed by atoms with Crippen LogP contribution in [0.4, 0.5) is 5.69 Å². The molecular weight excluding hydrogens is 342 g/mol. The van der Waals surface area contributed by atoms with Crippen LogP contribution in [0.25, 0.3) is 0 Å². The van der Waals surface area contributed by atoms with Crippen LogP contribution in [0.2, 0.25) is 0 Å². The summed E-state index contributed by atoms with van der Waals surface area (Å²) in [6.07, 6.45) is 0. The standard InChI is InChI=1S/C16H23N5O3S/c1-12-2-4-13(5-3-12)18-14(22)15(23)19-20-16(25)17-6-7-21-8-10-24-11-9-21/h2-5H,6-11H2,1H3,(H,18,22)(H,19,23)(H2,17,20,25). The molecule has 0 aliphatic carbocycles. The Morgan fingerprint density at radius 1 is 1.12 bits per heavy atom. The maximum atomic E-state index is 11.8. The van der Waals surface area contributed by atoms with Gasteiger partial charge in [-0.05, 0) is 31.3 Å². The first kappa shape index (κ1) is 19.1. The first-order valence-electron chi connectivity index (χ1n) is 8.06. The Labute approximate surface area is 152 Å². The second-order valence-electron chi connectivity index (χ2n) is 5.61. The van der Waals surface area contributed by atoms with Crippen LogP contribution in [0.15, 0.2) is 24.3 Å². The Balaban J connectivity index is 1.62. The van der Waals surface area contributed by atoms with E-state index in [4.69, 9.17) is 17.0 Å². The van der Waals surface area contributed by atoms with E-state index < -0.39 is 11.8 Å². The topological polar surface area (TPSA) is 94.7 Å². The van der Waals surface area contributed by atoms with Gasteiger partial charge in [-0.1, -0.05) is 17.7 Å². The molecule has 1 heterocycles. The van der Waals surface area contributed by atoms with Crippen LogP contribution in [0.1, 0.15) is 5.56 Å². The third-order valence-electron chi connectivity index (χ3n) is 3.62. The number of nitrogens with one attached hydrogen (secondary N) is 4. The zero-order valence-corrected chi connectivity index (χ0v) is 14.9. The molecule has 0 radical (unpaired) electrons. The van der Waals surface area contributed by atoms with Gasteiger partial charge >= 0.3 is 11.8 Å². The molecule has 2 amide bonds. The molecule has 8 nitrogen and oxygen atoms in total. The maximum Gasteiger partial charge on any atom is 0.328 e. The van der Waals surface area contributed by atoms with Gasteiger partial charge < -0.3 is 15.4 Å². The highest BCUT2D eigenvalue weighted by Gasteiger charge is 2.14. The third kappa shape index (κ3) is 7.04. The second-order valence-corrected chi connectivity index (χ2v) is 6.02. The maximum absolute atomic E-state index is 11.8. The largest absolute Gasteiger partial charge is 0.379 e. The fourth-order valence-electron chi connectivity index (χ4n) is 2.19. The number of amides is 2. The van der Waals surface area contributed by atoms with E-state index in [1.54, 1.807) is 12.1 Å². The highest BCUT2D eigenvalue weighted by molar-refractivity contribution is 7.80. The molecule has 0 unspecified atom stereocenters. The fraction of sp³-hybridized carbons (Fsp3) is 0.438. The molecule has 1 aromatic carbocycles. The Morgan fingerprint density at radius 2 is 1.80 bits per heavy atom. The number of ether oxygens (including phenoxy) is 1. The van der Waals surface area contributed by atoms with Crippen LogP contribution in [0.5, 0.6) is 0 Å². The molecule has 1 aliphatic rings. The van der Waals surface area contributed by atoms with Gasteiger partial charge in [0.05, 0.1) is 13.2 Å². The number of rotatable bonds is 4. The van der Waals surface area contributed by atoms with Gasteiger partial charge in [-0.25, -0.2) is 0 Å². The number of nitrogens with zero attached hydrogens (tertiary/aromatic N) is 1. The van der Waals surface area contributed by atoms with Crippen LogP contribution in [0, 0.1) is 6.92 Å². The van der Waals surface area contributed by atoms with Crippen LogP contribution < -0.4 is 21.5 Å². The van der Waals surface area contributed by atoms with E-state index in [1.807, 2.05) is 19.1 Å². The lowest BCUT2D eigenvalue weighted by molar-refractivity contribution is -0.136. The smallest absolute Gasteiger partial charge is 0.328 e. The van der Waals surface area contributed by atoms with Gasteiger partial charge in [0.2, 0.25) is 0 Å². The molecule has 25 heavy (non-hydrogen) atoms. The van der Waals surface area contributed by atoms with Crippen molar-refractivity contribution in [3.8, 4) is 0 Å². The molecular formula is C16H23N5O3S. The monoisotopic (exact) mass is 365 g/mol. The summed E-state index contributed by atoms with van der Waals surface area (Å²) in [6.45, 7) is 6.69. The summed E-state index contributed by atoms with van der Waals surface area (Å²) in [5.74, 6) is -1.59. The normalized spacial score (nSPS) is 14.4. The highest BCUT2D eigenvalue weighted by atomic mass is 32.1. The SMILES string of the molecule is Cc1ccc(NC(=O)C(=O)NNC(=S)NCCN2CCOCC2)cc1. The van der Waals surface area contributed by atoms with E-state index >= 15 is 0 Å². The lowest BCUT2D eigenvalue weighted by Crippen LogP contribution is -2.51. The van der Waals surface area contributed by atoms with Gasteiger partial charge in [-0.15, -0.1) is 0 Å². The summed E-state index contributed by atoms with van der Waals surface area (Å²) in [5.41, 5.74) is 6.40. The van der Waals surface area contributed by atoms with Crippen molar-refractivity contribution in [2.75, 3.05) is 44.7 Å². The van der Waals surface area contributed by atoms with Crippen molar-refractivity contribution in [2.45, 2.75) is 6.92 Å². The highest BCUT2D eigenvalue weighted by Crippen LogP contribution is 2.07. The molecule has 0 spiro atoms. The van der Waals surface area contributed by atoms with Gasteiger partial charge in [0.25, 0.3) is 0 Å². The third-order valence-corrected chi connectivity index (χ3v) is 3.87. The zero-order valence-electron chi connectivity index (χ0n) is 14.1.